The van der Waals surface area contributed by atoms with Crippen LogP contribution in [0.3, 0.4) is 0 Å². The molecule has 2 aromatic carbocycles. The van der Waals surface area contributed by atoms with Gasteiger partial charge in [-0.3, -0.25) is 9.36 Å². The van der Waals surface area contributed by atoms with Crippen LogP contribution in [0.4, 0.5) is 4.39 Å². The normalized spacial score (nSPS) is 12.3. The summed E-state index contributed by atoms with van der Waals surface area (Å²) in [6.45, 7) is 0.277. The number of nitrogens with zero attached hydrogens (tertiary/aromatic N) is 3. The smallest absolute Gasteiger partial charge is 0.335 e. The Bertz CT molecular complexity index is 1340. The second-order valence-electron chi connectivity index (χ2n) is 6.99. The van der Waals surface area contributed by atoms with E-state index in [1.807, 2.05) is 6.07 Å². The fourth-order valence-corrected chi connectivity index (χ4v) is 3.51. The summed E-state index contributed by atoms with van der Waals surface area (Å²) in [5.41, 5.74) is 1.78. The molecule has 0 radical (unpaired) electrons. The number of hydrogen-bond acceptors (Lipinski definition) is 5. The van der Waals surface area contributed by atoms with E-state index in [0.717, 1.165) is 5.56 Å². The van der Waals surface area contributed by atoms with Gasteiger partial charge in [-0.1, -0.05) is 6.07 Å². The number of amides is 1. The predicted octanol–water partition coefficient (Wildman–Crippen LogP) is 2.37. The van der Waals surface area contributed by atoms with Gasteiger partial charge in [0.1, 0.15) is 12.4 Å². The van der Waals surface area contributed by atoms with Crippen molar-refractivity contribution in [2.45, 2.75) is 13.1 Å². The molecule has 1 aliphatic heterocycles. The van der Waals surface area contributed by atoms with Crippen LogP contribution in [0.25, 0.3) is 16.9 Å². The van der Waals surface area contributed by atoms with Crippen LogP contribution >= 0.6 is 0 Å². The van der Waals surface area contributed by atoms with Crippen LogP contribution < -0.4 is 20.5 Å². The third-order valence-electron chi connectivity index (χ3n) is 5.00. The maximum absolute atomic E-state index is 13.3. The first-order valence-corrected chi connectivity index (χ1v) is 9.57. The lowest BCUT2D eigenvalue weighted by Gasteiger charge is -2.07. The highest BCUT2D eigenvalue weighted by Gasteiger charge is 2.18. The summed E-state index contributed by atoms with van der Waals surface area (Å²) in [4.78, 5) is 30.0. The second-order valence-corrected chi connectivity index (χ2v) is 6.99. The molecule has 3 heterocycles. The van der Waals surface area contributed by atoms with E-state index in [1.165, 1.54) is 33.4 Å². The SMILES string of the molecule is O=C(Cn1c(=O)n(-c2ccc(F)cc2)c2ncccc21)NCc1ccc2c(c1)OCO2. The summed E-state index contributed by atoms with van der Waals surface area (Å²) in [5, 5.41) is 2.81. The molecular formula is C22H17FN4O4. The van der Waals surface area contributed by atoms with Crippen LogP contribution in [0.5, 0.6) is 11.5 Å². The molecule has 0 fully saturated rings. The van der Waals surface area contributed by atoms with Crippen molar-refractivity contribution < 1.29 is 18.7 Å². The van der Waals surface area contributed by atoms with Crippen molar-refractivity contribution in [3.63, 3.8) is 0 Å². The van der Waals surface area contributed by atoms with Crippen LogP contribution in [0.2, 0.25) is 0 Å². The highest BCUT2D eigenvalue weighted by Crippen LogP contribution is 2.32. The van der Waals surface area contributed by atoms with Gasteiger partial charge in [0.05, 0.1) is 11.2 Å². The third-order valence-corrected chi connectivity index (χ3v) is 5.00. The minimum atomic E-state index is -0.432. The van der Waals surface area contributed by atoms with Crippen LogP contribution in [0.15, 0.2) is 65.6 Å². The van der Waals surface area contributed by atoms with E-state index >= 15 is 0 Å². The molecule has 0 spiro atoms. The minimum Gasteiger partial charge on any atom is -0.454 e. The van der Waals surface area contributed by atoms with Crippen molar-refractivity contribution in [1.82, 2.24) is 19.4 Å². The number of fused-ring (bicyclic) bond motifs is 2. The predicted molar refractivity (Wildman–Crippen MR) is 110 cm³/mol. The average Bonchev–Trinajstić information content (AvgIpc) is 3.35. The Morgan fingerprint density at radius 3 is 2.74 bits per heavy atom. The van der Waals surface area contributed by atoms with Crippen molar-refractivity contribution in [2.24, 2.45) is 0 Å². The monoisotopic (exact) mass is 420 g/mol. The molecule has 5 rings (SSSR count). The van der Waals surface area contributed by atoms with Gasteiger partial charge in [0.2, 0.25) is 12.7 Å². The standard InChI is InChI=1S/C22H17FN4O4/c23-15-4-6-16(7-5-15)27-21-17(2-1-9-24-21)26(22(27)29)12-20(28)25-11-14-3-8-18-19(10-14)31-13-30-18/h1-10H,11-13H2,(H,25,28). The quantitative estimate of drug-likeness (QED) is 0.536. The number of aromatic nitrogens is 3. The lowest BCUT2D eigenvalue weighted by atomic mass is 10.2. The van der Waals surface area contributed by atoms with E-state index in [1.54, 1.807) is 30.5 Å². The van der Waals surface area contributed by atoms with Gasteiger partial charge in [0.25, 0.3) is 0 Å². The highest BCUT2D eigenvalue weighted by atomic mass is 19.1. The maximum Gasteiger partial charge on any atom is 0.335 e. The van der Waals surface area contributed by atoms with Gasteiger partial charge in [-0.15, -0.1) is 0 Å². The minimum absolute atomic E-state index is 0.181. The van der Waals surface area contributed by atoms with Crippen LogP contribution in [0, 0.1) is 5.82 Å². The molecule has 1 aliphatic rings. The molecule has 0 aliphatic carbocycles. The van der Waals surface area contributed by atoms with E-state index < -0.39 is 11.5 Å². The molecule has 1 amide bonds. The Morgan fingerprint density at radius 1 is 1.10 bits per heavy atom. The molecule has 8 nitrogen and oxygen atoms in total. The molecule has 9 heteroatoms. The number of benzene rings is 2. The number of ether oxygens (including phenoxy) is 2. The Morgan fingerprint density at radius 2 is 1.90 bits per heavy atom. The molecule has 0 atom stereocenters. The third kappa shape index (κ3) is 3.50. The summed E-state index contributed by atoms with van der Waals surface area (Å²) in [6.07, 6.45) is 1.56. The fourth-order valence-electron chi connectivity index (χ4n) is 3.51. The lowest BCUT2D eigenvalue weighted by molar-refractivity contribution is -0.121. The maximum atomic E-state index is 13.3. The Balaban J connectivity index is 1.40. The van der Waals surface area contributed by atoms with Gasteiger partial charge in [0.15, 0.2) is 17.1 Å². The van der Waals surface area contributed by atoms with Gasteiger partial charge in [-0.05, 0) is 54.1 Å². The first kappa shape index (κ1) is 18.9. The van der Waals surface area contributed by atoms with Crippen LogP contribution in [0.1, 0.15) is 5.56 Å². The number of halogens is 1. The van der Waals surface area contributed by atoms with E-state index in [2.05, 4.69) is 10.3 Å². The molecule has 156 valence electrons. The molecule has 0 unspecified atom stereocenters. The van der Waals surface area contributed by atoms with E-state index in [9.17, 15) is 14.0 Å². The highest BCUT2D eigenvalue weighted by molar-refractivity contribution is 5.80. The molecule has 2 aromatic heterocycles. The van der Waals surface area contributed by atoms with E-state index in [0.29, 0.717) is 28.4 Å². The molecular weight excluding hydrogens is 403 g/mol. The largest absolute Gasteiger partial charge is 0.454 e. The zero-order chi connectivity index (χ0) is 21.4. The Labute approximate surface area is 175 Å². The van der Waals surface area contributed by atoms with Crippen molar-refractivity contribution >= 4 is 17.1 Å². The summed E-state index contributed by atoms with van der Waals surface area (Å²) >= 11 is 0. The Kier molecular flexibility index (Phi) is 4.62. The second kappa shape index (κ2) is 7.60. The zero-order valence-electron chi connectivity index (χ0n) is 16.2. The van der Waals surface area contributed by atoms with Crippen molar-refractivity contribution in [2.75, 3.05) is 6.79 Å². The van der Waals surface area contributed by atoms with E-state index in [4.69, 9.17) is 9.47 Å². The molecule has 0 bridgehead atoms. The number of carbonyl (C=O) groups excluding carboxylic acids is 1. The van der Waals surface area contributed by atoms with Gasteiger partial charge < -0.3 is 14.8 Å². The summed E-state index contributed by atoms with van der Waals surface area (Å²) < 4.78 is 26.6. The molecule has 1 N–H and O–H groups in total. The van der Waals surface area contributed by atoms with Gasteiger partial charge in [-0.2, -0.15) is 0 Å². The van der Waals surface area contributed by atoms with Gasteiger partial charge in [-0.25, -0.2) is 18.7 Å². The number of hydrogen-bond donors (Lipinski definition) is 1. The molecule has 4 aromatic rings. The summed E-state index contributed by atoms with van der Waals surface area (Å²) in [5.74, 6) is 0.567. The average molecular weight is 420 g/mol. The van der Waals surface area contributed by atoms with Gasteiger partial charge in [0, 0.05) is 12.7 Å². The lowest BCUT2D eigenvalue weighted by Crippen LogP contribution is -2.32. The summed E-state index contributed by atoms with van der Waals surface area (Å²) in [6, 6.07) is 14.4. The number of rotatable bonds is 5. The van der Waals surface area contributed by atoms with Gasteiger partial charge >= 0.3 is 5.69 Å². The molecule has 0 saturated heterocycles. The number of carbonyl (C=O) groups is 1. The van der Waals surface area contributed by atoms with E-state index in [-0.39, 0.29) is 25.8 Å². The first-order valence-electron chi connectivity index (χ1n) is 9.57. The van der Waals surface area contributed by atoms with Crippen molar-refractivity contribution in [1.29, 1.82) is 0 Å². The van der Waals surface area contributed by atoms with Crippen LogP contribution in [-0.4, -0.2) is 26.8 Å². The zero-order valence-corrected chi connectivity index (χ0v) is 16.2. The van der Waals surface area contributed by atoms with Crippen molar-refractivity contribution in [3.05, 3.63) is 82.7 Å². The molecule has 31 heavy (non-hydrogen) atoms. The molecule has 0 saturated carbocycles. The first-order chi connectivity index (χ1) is 15.1. The Hall–Kier alpha value is -4.14. The number of pyridine rings is 1. The van der Waals surface area contributed by atoms with Crippen molar-refractivity contribution in [3.8, 4) is 17.2 Å². The summed E-state index contributed by atoms with van der Waals surface area (Å²) in [7, 11) is 0. The topological polar surface area (TPSA) is 87.4 Å². The number of nitrogens with one attached hydrogen (secondary N) is 1. The number of imidazole rings is 1. The van der Waals surface area contributed by atoms with Crippen LogP contribution in [-0.2, 0) is 17.9 Å². The fraction of sp³-hybridized carbons (Fsp3) is 0.136.